The first-order chi connectivity index (χ1) is 18.0. The number of fused-ring (bicyclic) bond motifs is 2. The van der Waals surface area contributed by atoms with E-state index in [1.54, 1.807) is 42.5 Å². The Morgan fingerprint density at radius 3 is 2.78 bits per heavy atom. The van der Waals surface area contributed by atoms with E-state index in [1.807, 2.05) is 6.92 Å². The van der Waals surface area contributed by atoms with E-state index in [2.05, 4.69) is 20.2 Å². The van der Waals surface area contributed by atoms with Crippen molar-refractivity contribution >= 4 is 56.1 Å². The topological polar surface area (TPSA) is 139 Å². The first kappa shape index (κ1) is 23.1. The molecular weight excluding hydrogens is 514 g/mol. The Bertz CT molecular complexity index is 1700. The summed E-state index contributed by atoms with van der Waals surface area (Å²) < 4.78 is 12.5. The number of ether oxygens (including phenoxy) is 1. The van der Waals surface area contributed by atoms with E-state index in [-0.39, 0.29) is 23.6 Å². The molecule has 2 aliphatic heterocycles. The van der Waals surface area contributed by atoms with Crippen molar-refractivity contribution in [2.45, 2.75) is 20.0 Å². The fourth-order valence-electron chi connectivity index (χ4n) is 3.59. The highest BCUT2D eigenvalue weighted by Crippen LogP contribution is 2.31. The number of amidine groups is 2. The van der Waals surface area contributed by atoms with Crippen molar-refractivity contribution in [1.82, 2.24) is 19.6 Å². The van der Waals surface area contributed by atoms with Crippen LogP contribution in [-0.4, -0.2) is 41.6 Å². The maximum atomic E-state index is 12.6. The molecule has 0 bridgehead atoms. The number of aryl methyl sites for hydroxylation is 1. The standard InChI is InChI=1S/C24H17N7O4S2/c1-2-18-28-30-19(32)11-14(26-23(30)36-18)12-35-15-7-5-13(6-8-15)10-16-20(25)31-24(27-21(16)33)37-22(29-31)17-4-3-9-34-17/h3-11,25H,2,12H2,1H3/b16-10-,25-20?. The fraction of sp³-hybridized carbons (Fsp3) is 0.125. The van der Waals surface area contributed by atoms with Gasteiger partial charge in [0.2, 0.25) is 10.1 Å². The number of rotatable bonds is 6. The molecule has 0 radical (unpaired) electrons. The van der Waals surface area contributed by atoms with Crippen LogP contribution in [0.15, 0.2) is 73.6 Å². The van der Waals surface area contributed by atoms with E-state index >= 15 is 0 Å². The third kappa shape index (κ3) is 4.38. The summed E-state index contributed by atoms with van der Waals surface area (Å²) >= 11 is 2.55. The highest BCUT2D eigenvalue weighted by atomic mass is 32.2. The van der Waals surface area contributed by atoms with Gasteiger partial charge in [0.05, 0.1) is 17.5 Å². The number of nitrogens with one attached hydrogen (secondary N) is 1. The molecule has 0 fully saturated rings. The third-order valence-corrected chi connectivity index (χ3v) is 7.38. The molecule has 0 aliphatic carbocycles. The minimum Gasteiger partial charge on any atom is -0.487 e. The minimum absolute atomic E-state index is 0.0635. The summed E-state index contributed by atoms with van der Waals surface area (Å²) in [5.41, 5.74) is 1.08. The summed E-state index contributed by atoms with van der Waals surface area (Å²) in [6.07, 6.45) is 3.85. The Labute approximate surface area is 217 Å². The van der Waals surface area contributed by atoms with E-state index in [1.165, 1.54) is 45.0 Å². The van der Waals surface area contributed by atoms with Gasteiger partial charge in [-0.05, 0) is 54.1 Å². The summed E-state index contributed by atoms with van der Waals surface area (Å²) in [7, 11) is 0. The van der Waals surface area contributed by atoms with Crippen LogP contribution in [0.25, 0.3) is 11.0 Å². The molecular formula is C24H17N7O4S2. The number of aliphatic imine (C=N–C) groups is 1. The summed E-state index contributed by atoms with van der Waals surface area (Å²) in [4.78, 5) is 34.0. The first-order valence-corrected chi connectivity index (χ1v) is 12.8. The van der Waals surface area contributed by atoms with Crippen molar-refractivity contribution < 1.29 is 13.9 Å². The lowest BCUT2D eigenvalue weighted by Crippen LogP contribution is -2.35. The van der Waals surface area contributed by atoms with Crippen LogP contribution in [-0.2, 0) is 17.8 Å². The molecule has 2 aliphatic rings. The van der Waals surface area contributed by atoms with Gasteiger partial charge in [0.1, 0.15) is 17.4 Å². The van der Waals surface area contributed by atoms with Crippen molar-refractivity contribution in [3.8, 4) is 5.75 Å². The molecule has 3 aromatic heterocycles. The maximum Gasteiger partial charge on any atom is 0.283 e. The second kappa shape index (κ2) is 9.26. The highest BCUT2D eigenvalue weighted by molar-refractivity contribution is 8.27. The number of thioether (sulfide) groups is 1. The largest absolute Gasteiger partial charge is 0.487 e. The average molecular weight is 532 g/mol. The molecule has 4 aromatic rings. The van der Waals surface area contributed by atoms with Crippen LogP contribution in [0.5, 0.6) is 5.75 Å². The van der Waals surface area contributed by atoms with Crippen LogP contribution in [0.4, 0.5) is 0 Å². The van der Waals surface area contributed by atoms with Crippen LogP contribution in [0.1, 0.15) is 28.9 Å². The maximum absolute atomic E-state index is 12.6. The molecule has 5 heterocycles. The average Bonchev–Trinajstić information content (AvgIpc) is 3.65. The van der Waals surface area contributed by atoms with Crippen LogP contribution in [0.3, 0.4) is 0 Å². The van der Waals surface area contributed by atoms with Gasteiger partial charge in [-0.1, -0.05) is 30.4 Å². The molecule has 13 heteroatoms. The molecule has 184 valence electrons. The van der Waals surface area contributed by atoms with E-state index < -0.39 is 5.91 Å². The van der Waals surface area contributed by atoms with Crippen LogP contribution >= 0.6 is 23.1 Å². The molecule has 1 aromatic carbocycles. The quantitative estimate of drug-likeness (QED) is 0.373. The summed E-state index contributed by atoms with van der Waals surface area (Å²) in [6, 6.07) is 11.9. The Kier molecular flexibility index (Phi) is 5.77. The molecule has 0 saturated carbocycles. The van der Waals surface area contributed by atoms with Crippen LogP contribution < -0.4 is 10.3 Å². The number of hydrazone groups is 1. The first-order valence-electron chi connectivity index (χ1n) is 11.1. The zero-order valence-electron chi connectivity index (χ0n) is 19.2. The van der Waals surface area contributed by atoms with Gasteiger partial charge < -0.3 is 9.15 Å². The van der Waals surface area contributed by atoms with Gasteiger partial charge in [-0.25, -0.2) is 4.98 Å². The second-order valence-corrected chi connectivity index (χ2v) is 9.89. The number of amides is 1. The van der Waals surface area contributed by atoms with E-state index in [0.29, 0.717) is 37.9 Å². The van der Waals surface area contributed by atoms with Crippen molar-refractivity contribution in [2.75, 3.05) is 0 Å². The Hall–Kier alpha value is -4.36. The van der Waals surface area contributed by atoms with Gasteiger partial charge in [0.25, 0.3) is 11.5 Å². The van der Waals surface area contributed by atoms with Crippen molar-refractivity contribution in [1.29, 1.82) is 5.41 Å². The molecule has 0 atom stereocenters. The van der Waals surface area contributed by atoms with Gasteiger partial charge >= 0.3 is 0 Å². The lowest BCUT2D eigenvalue weighted by molar-refractivity contribution is -0.114. The normalized spacial score (nSPS) is 16.4. The van der Waals surface area contributed by atoms with Gasteiger partial charge in [0, 0.05) is 6.07 Å². The van der Waals surface area contributed by atoms with E-state index in [4.69, 9.17) is 14.6 Å². The zero-order valence-corrected chi connectivity index (χ0v) is 20.9. The molecule has 1 amide bonds. The van der Waals surface area contributed by atoms with Gasteiger partial charge in [-0.3, -0.25) is 15.0 Å². The SMILES string of the molecule is CCc1nn2c(=O)cc(COc3ccc(/C=C4/C(=N)N5N=C(c6ccco6)SC5=NC4=O)cc3)nc2s1. The smallest absolute Gasteiger partial charge is 0.283 e. The number of carbonyl (C=O) groups excluding carboxylic acids is 1. The van der Waals surface area contributed by atoms with Crippen molar-refractivity contribution in [2.24, 2.45) is 10.1 Å². The fourth-order valence-corrected chi connectivity index (χ4v) is 5.31. The zero-order chi connectivity index (χ0) is 25.5. The Balaban J connectivity index is 1.17. The lowest BCUT2D eigenvalue weighted by Gasteiger charge is -2.20. The number of furan rings is 1. The van der Waals surface area contributed by atoms with Gasteiger partial charge in [-0.2, -0.15) is 24.7 Å². The summed E-state index contributed by atoms with van der Waals surface area (Å²) in [6.45, 7) is 2.09. The Morgan fingerprint density at radius 2 is 2.03 bits per heavy atom. The summed E-state index contributed by atoms with van der Waals surface area (Å²) in [5.74, 6) is 0.534. The molecule has 1 N–H and O–H groups in total. The molecule has 0 unspecified atom stereocenters. The molecule has 0 spiro atoms. The molecule has 11 nitrogen and oxygen atoms in total. The molecule has 6 rings (SSSR count). The Morgan fingerprint density at radius 1 is 1.19 bits per heavy atom. The van der Waals surface area contributed by atoms with Crippen molar-refractivity contribution in [3.05, 3.63) is 86.7 Å². The minimum atomic E-state index is -0.512. The third-order valence-electron chi connectivity index (χ3n) is 5.41. The highest BCUT2D eigenvalue weighted by Gasteiger charge is 2.36. The number of carbonyl (C=O) groups is 1. The number of hydrogen-bond donors (Lipinski definition) is 1. The number of aromatic nitrogens is 3. The predicted molar refractivity (Wildman–Crippen MR) is 140 cm³/mol. The van der Waals surface area contributed by atoms with Crippen LogP contribution in [0.2, 0.25) is 0 Å². The number of nitrogens with zero attached hydrogens (tertiary/aromatic N) is 6. The van der Waals surface area contributed by atoms with Gasteiger partial charge in [0.15, 0.2) is 16.6 Å². The summed E-state index contributed by atoms with van der Waals surface area (Å²) in [5, 5.41) is 20.1. The van der Waals surface area contributed by atoms with Crippen LogP contribution in [0, 0.1) is 5.41 Å². The van der Waals surface area contributed by atoms with Gasteiger partial charge in [-0.15, -0.1) is 0 Å². The lowest BCUT2D eigenvalue weighted by atomic mass is 10.1. The predicted octanol–water partition coefficient (Wildman–Crippen LogP) is 3.55. The van der Waals surface area contributed by atoms with Crippen molar-refractivity contribution in [3.63, 3.8) is 0 Å². The monoisotopic (exact) mass is 531 g/mol. The van der Waals surface area contributed by atoms with E-state index in [0.717, 1.165) is 11.4 Å². The second-order valence-electron chi connectivity index (χ2n) is 7.89. The number of hydrogen-bond acceptors (Lipinski definition) is 10. The number of benzene rings is 1. The molecule has 37 heavy (non-hydrogen) atoms. The molecule has 0 saturated heterocycles. The van der Waals surface area contributed by atoms with E-state index in [9.17, 15) is 9.59 Å².